The van der Waals surface area contributed by atoms with E-state index in [0.29, 0.717) is 31.4 Å². The highest BCUT2D eigenvalue weighted by atomic mass is 19.1. The minimum Gasteiger partial charge on any atom is -0.460 e. The molecule has 0 bridgehead atoms. The zero-order valence-corrected chi connectivity index (χ0v) is 21.2. The molecule has 3 N–H and O–H groups in total. The van der Waals surface area contributed by atoms with Crippen LogP contribution in [0.5, 0.6) is 0 Å². The Morgan fingerprint density at radius 3 is 2.42 bits per heavy atom. The number of nitrogens with one attached hydrogen (secondary N) is 3. The number of ether oxygens (including phenoxy) is 1. The molecule has 0 saturated carbocycles. The summed E-state index contributed by atoms with van der Waals surface area (Å²) in [6.07, 6.45) is -0.206. The summed E-state index contributed by atoms with van der Waals surface area (Å²) in [5.41, 5.74) is -1.67. The predicted molar refractivity (Wildman–Crippen MR) is 130 cm³/mol. The second kappa shape index (κ2) is 10.7. The third kappa shape index (κ3) is 6.20. The van der Waals surface area contributed by atoms with Gasteiger partial charge in [-0.25, -0.2) is 9.18 Å². The first-order valence-corrected chi connectivity index (χ1v) is 11.9. The summed E-state index contributed by atoms with van der Waals surface area (Å²) in [7, 11) is 1.83. The highest BCUT2D eigenvalue weighted by Gasteiger charge is 2.49. The van der Waals surface area contributed by atoms with Crippen LogP contribution in [0.25, 0.3) is 11.0 Å². The van der Waals surface area contributed by atoms with Gasteiger partial charge in [-0.05, 0) is 46.4 Å². The van der Waals surface area contributed by atoms with Gasteiger partial charge in [-0.3, -0.25) is 19.7 Å². The number of rotatable bonds is 9. The number of halogens is 1. The topological polar surface area (TPSA) is 130 Å². The highest BCUT2D eigenvalue weighted by Crippen LogP contribution is 2.39. The van der Waals surface area contributed by atoms with Crippen LogP contribution in [0.3, 0.4) is 0 Å². The summed E-state index contributed by atoms with van der Waals surface area (Å²) in [6.45, 7) is 8.76. The van der Waals surface area contributed by atoms with Crippen LogP contribution in [0.4, 0.5) is 9.18 Å². The second-order valence-electron chi connectivity index (χ2n) is 9.96. The van der Waals surface area contributed by atoms with E-state index in [1.54, 1.807) is 33.8 Å². The van der Waals surface area contributed by atoms with Gasteiger partial charge in [0.25, 0.3) is 5.91 Å². The molecule has 1 aliphatic rings. The van der Waals surface area contributed by atoms with Crippen LogP contribution in [0.2, 0.25) is 0 Å². The van der Waals surface area contributed by atoms with Gasteiger partial charge >= 0.3 is 6.09 Å². The minimum absolute atomic E-state index is 0.0429. The van der Waals surface area contributed by atoms with Crippen LogP contribution in [0, 0.1) is 5.82 Å². The van der Waals surface area contributed by atoms with E-state index in [-0.39, 0.29) is 35.8 Å². The molecule has 11 heteroatoms. The lowest BCUT2D eigenvalue weighted by molar-refractivity contribution is -0.126. The Morgan fingerprint density at radius 1 is 1.17 bits per heavy atom. The maximum absolute atomic E-state index is 14.7. The number of imide groups is 1. The maximum Gasteiger partial charge on any atom is 0.407 e. The Labute approximate surface area is 208 Å². The summed E-state index contributed by atoms with van der Waals surface area (Å²) in [6, 6.07) is 4.07. The van der Waals surface area contributed by atoms with Crippen molar-refractivity contribution in [2.24, 2.45) is 0 Å². The number of fused-ring (bicyclic) bond motifs is 1. The zero-order valence-electron chi connectivity index (χ0n) is 21.2. The van der Waals surface area contributed by atoms with Crippen LogP contribution < -0.4 is 16.0 Å². The molecule has 0 spiro atoms. The molecule has 2 aromatic rings. The molecule has 0 radical (unpaired) electrons. The first-order valence-electron chi connectivity index (χ1n) is 11.9. The molecule has 2 heterocycles. The molecule has 1 aliphatic heterocycles. The van der Waals surface area contributed by atoms with E-state index in [2.05, 4.69) is 16.0 Å². The Balaban J connectivity index is 1.57. The number of furan rings is 1. The number of hydrogen-bond acceptors (Lipinski definition) is 7. The van der Waals surface area contributed by atoms with Crippen molar-refractivity contribution in [3.63, 3.8) is 0 Å². The zero-order chi connectivity index (χ0) is 26.7. The van der Waals surface area contributed by atoms with Gasteiger partial charge in [0.05, 0.1) is 5.56 Å². The Bertz CT molecular complexity index is 1170. The molecule has 4 amide bonds. The SMILES string of the molecule is CC[C@@]1(c2cc3cc(C(=O)NCCN(C)CCNC(=O)OC(C)(C)C)c(F)cc3o2)CC(=O)NC1=O. The number of likely N-dealkylation sites (N-methyl/N-ethyl adjacent to an activating group) is 1. The average Bonchev–Trinajstić information content (AvgIpc) is 3.31. The number of nitrogens with zero attached hydrogens (tertiary/aromatic N) is 1. The Hall–Kier alpha value is -3.47. The Morgan fingerprint density at radius 2 is 1.83 bits per heavy atom. The van der Waals surface area contributed by atoms with Gasteiger partial charge < -0.3 is 24.7 Å². The minimum atomic E-state index is -1.14. The summed E-state index contributed by atoms with van der Waals surface area (Å²) in [5.74, 6) is -1.91. The van der Waals surface area contributed by atoms with E-state index in [1.807, 2.05) is 11.9 Å². The van der Waals surface area contributed by atoms with E-state index < -0.39 is 34.7 Å². The summed E-state index contributed by atoms with van der Waals surface area (Å²) in [4.78, 5) is 50.4. The number of carbonyl (C=O) groups excluding carboxylic acids is 4. The standard InChI is InChI=1S/C25H33FN4O6/c1-6-25(14-20(31)29-22(25)33)19-12-15-11-16(17(26)13-18(15)35-19)21(32)27-7-9-30(5)10-8-28-23(34)36-24(2,3)4/h11-13H,6-10,14H2,1-5H3,(H,27,32)(H,28,34)(H,29,31,33)/t25-/m0/s1. The highest BCUT2D eigenvalue weighted by molar-refractivity contribution is 6.09. The van der Waals surface area contributed by atoms with Crippen LogP contribution in [-0.4, -0.2) is 67.5 Å². The van der Waals surface area contributed by atoms with Crippen molar-refractivity contribution in [2.45, 2.75) is 51.6 Å². The number of benzene rings is 1. The molecular weight excluding hydrogens is 471 g/mol. The van der Waals surface area contributed by atoms with Crippen LogP contribution in [0.15, 0.2) is 22.6 Å². The van der Waals surface area contributed by atoms with Crippen molar-refractivity contribution in [1.29, 1.82) is 0 Å². The second-order valence-corrected chi connectivity index (χ2v) is 9.96. The van der Waals surface area contributed by atoms with Gasteiger partial charge in [0.15, 0.2) is 0 Å². The van der Waals surface area contributed by atoms with E-state index in [4.69, 9.17) is 9.15 Å². The predicted octanol–water partition coefficient (Wildman–Crippen LogP) is 2.45. The number of alkyl carbamates (subject to hydrolysis) is 1. The van der Waals surface area contributed by atoms with E-state index in [9.17, 15) is 23.6 Å². The first-order chi connectivity index (χ1) is 16.8. The first kappa shape index (κ1) is 27.1. The van der Waals surface area contributed by atoms with E-state index in [1.165, 1.54) is 6.07 Å². The van der Waals surface area contributed by atoms with Crippen molar-refractivity contribution in [3.8, 4) is 0 Å². The largest absolute Gasteiger partial charge is 0.460 e. The maximum atomic E-state index is 14.7. The molecule has 0 aliphatic carbocycles. The fraction of sp³-hybridized carbons (Fsp3) is 0.520. The molecule has 10 nitrogen and oxygen atoms in total. The molecular formula is C25H33FN4O6. The molecule has 3 rings (SSSR count). The average molecular weight is 505 g/mol. The Kier molecular flexibility index (Phi) is 8.02. The molecule has 1 saturated heterocycles. The summed E-state index contributed by atoms with van der Waals surface area (Å²) in [5, 5.41) is 8.10. The quantitative estimate of drug-likeness (QED) is 0.447. The summed E-state index contributed by atoms with van der Waals surface area (Å²) >= 11 is 0. The lowest BCUT2D eigenvalue weighted by atomic mass is 9.81. The van der Waals surface area contributed by atoms with Crippen LogP contribution in [-0.2, 0) is 19.7 Å². The third-order valence-corrected chi connectivity index (χ3v) is 6.02. The van der Waals surface area contributed by atoms with E-state index >= 15 is 0 Å². The van der Waals surface area contributed by atoms with Crippen molar-refractivity contribution in [3.05, 3.63) is 35.3 Å². The van der Waals surface area contributed by atoms with E-state index in [0.717, 1.165) is 6.07 Å². The van der Waals surface area contributed by atoms with Crippen molar-refractivity contribution < 1.29 is 32.7 Å². The van der Waals surface area contributed by atoms with Gasteiger partial charge in [0.1, 0.15) is 28.2 Å². The van der Waals surface area contributed by atoms with Gasteiger partial charge in [-0.15, -0.1) is 0 Å². The molecule has 1 aromatic carbocycles. The normalized spacial score (nSPS) is 18.0. The van der Waals surface area contributed by atoms with Crippen molar-refractivity contribution in [1.82, 2.24) is 20.9 Å². The van der Waals surface area contributed by atoms with Gasteiger partial charge in [0, 0.05) is 44.1 Å². The number of amides is 4. The monoisotopic (exact) mass is 504 g/mol. The fourth-order valence-electron chi connectivity index (χ4n) is 4.01. The van der Waals surface area contributed by atoms with Crippen molar-refractivity contribution in [2.75, 3.05) is 33.2 Å². The molecule has 1 fully saturated rings. The lowest BCUT2D eigenvalue weighted by Crippen LogP contribution is -2.39. The van der Waals surface area contributed by atoms with Gasteiger partial charge in [-0.2, -0.15) is 0 Å². The molecule has 1 atom stereocenters. The molecule has 196 valence electrons. The summed E-state index contributed by atoms with van der Waals surface area (Å²) < 4.78 is 25.6. The van der Waals surface area contributed by atoms with Gasteiger partial charge in [0.2, 0.25) is 11.8 Å². The number of hydrogen-bond donors (Lipinski definition) is 3. The van der Waals surface area contributed by atoms with Gasteiger partial charge in [-0.1, -0.05) is 6.92 Å². The number of carbonyl (C=O) groups is 4. The smallest absolute Gasteiger partial charge is 0.407 e. The molecule has 1 aromatic heterocycles. The molecule has 0 unspecified atom stereocenters. The van der Waals surface area contributed by atoms with Crippen molar-refractivity contribution >= 4 is 34.8 Å². The molecule has 36 heavy (non-hydrogen) atoms. The third-order valence-electron chi connectivity index (χ3n) is 6.02. The lowest BCUT2D eigenvalue weighted by Gasteiger charge is -2.21. The fourth-order valence-corrected chi connectivity index (χ4v) is 4.01. The van der Waals surface area contributed by atoms with Crippen LogP contribution >= 0.6 is 0 Å². The van der Waals surface area contributed by atoms with Crippen LogP contribution in [0.1, 0.15) is 56.7 Å².